The maximum absolute atomic E-state index is 12.9. The highest BCUT2D eigenvalue weighted by molar-refractivity contribution is 8.00. The number of furan rings is 1. The molecule has 0 bridgehead atoms. The predicted molar refractivity (Wildman–Crippen MR) is 105 cm³/mol. The zero-order valence-corrected chi connectivity index (χ0v) is 16.2. The monoisotopic (exact) mass is 382 g/mol. The molecule has 7 heteroatoms. The second-order valence-electron chi connectivity index (χ2n) is 6.77. The van der Waals surface area contributed by atoms with Crippen LogP contribution in [0.3, 0.4) is 0 Å². The highest BCUT2D eigenvalue weighted by Gasteiger charge is 2.32. The van der Waals surface area contributed by atoms with Gasteiger partial charge in [0.15, 0.2) is 5.16 Å². The Bertz CT molecular complexity index is 903. The SMILES string of the molecule is CC(Sc1nnc(C2CC2)n1Cc1ccco1)C(=O)N(C)c1ccccc1. The van der Waals surface area contributed by atoms with Gasteiger partial charge in [-0.3, -0.25) is 9.36 Å². The predicted octanol–water partition coefficient (Wildman–Crippen LogP) is 3.94. The van der Waals surface area contributed by atoms with Gasteiger partial charge in [0.05, 0.1) is 18.1 Å². The van der Waals surface area contributed by atoms with Crippen molar-refractivity contribution >= 4 is 23.4 Å². The topological polar surface area (TPSA) is 64.2 Å². The number of hydrogen-bond donors (Lipinski definition) is 0. The molecule has 27 heavy (non-hydrogen) atoms. The van der Waals surface area contributed by atoms with Gasteiger partial charge in [0.2, 0.25) is 5.91 Å². The van der Waals surface area contributed by atoms with E-state index in [1.807, 2.05) is 49.4 Å². The van der Waals surface area contributed by atoms with Crippen LogP contribution < -0.4 is 4.90 Å². The van der Waals surface area contributed by atoms with E-state index in [0.717, 1.165) is 35.3 Å². The standard InChI is InChI=1S/C20H22N4O2S/c1-14(19(25)23(2)16-7-4-3-5-8-16)27-20-22-21-18(15-10-11-15)24(20)13-17-9-6-12-26-17/h3-9,12,14-15H,10-11,13H2,1-2H3. The van der Waals surface area contributed by atoms with E-state index >= 15 is 0 Å². The Hall–Kier alpha value is -2.54. The number of para-hydroxylation sites is 1. The number of aromatic nitrogens is 3. The maximum Gasteiger partial charge on any atom is 0.240 e. The molecule has 1 aliphatic rings. The lowest BCUT2D eigenvalue weighted by Crippen LogP contribution is -2.33. The molecule has 1 saturated carbocycles. The van der Waals surface area contributed by atoms with Crippen molar-refractivity contribution in [3.05, 3.63) is 60.3 Å². The van der Waals surface area contributed by atoms with E-state index in [0.29, 0.717) is 12.5 Å². The van der Waals surface area contributed by atoms with Crippen LogP contribution in [-0.2, 0) is 11.3 Å². The summed E-state index contributed by atoms with van der Waals surface area (Å²) in [5.74, 6) is 2.36. The van der Waals surface area contributed by atoms with E-state index in [1.165, 1.54) is 11.8 Å². The molecule has 2 aromatic heterocycles. The molecule has 3 aromatic rings. The van der Waals surface area contributed by atoms with Gasteiger partial charge in [0.1, 0.15) is 11.6 Å². The molecule has 0 radical (unpaired) electrons. The summed E-state index contributed by atoms with van der Waals surface area (Å²) in [7, 11) is 1.80. The smallest absolute Gasteiger partial charge is 0.240 e. The molecule has 6 nitrogen and oxygen atoms in total. The zero-order valence-electron chi connectivity index (χ0n) is 15.4. The normalized spacial score (nSPS) is 14.9. The van der Waals surface area contributed by atoms with Crippen molar-refractivity contribution in [2.45, 2.75) is 42.6 Å². The van der Waals surface area contributed by atoms with Crippen LogP contribution in [0.25, 0.3) is 0 Å². The van der Waals surface area contributed by atoms with E-state index in [2.05, 4.69) is 14.8 Å². The fourth-order valence-corrected chi connectivity index (χ4v) is 3.95. The third-order valence-electron chi connectivity index (χ3n) is 4.69. The van der Waals surface area contributed by atoms with E-state index < -0.39 is 0 Å². The number of anilines is 1. The van der Waals surface area contributed by atoms with Crippen molar-refractivity contribution in [3.63, 3.8) is 0 Å². The minimum absolute atomic E-state index is 0.0340. The van der Waals surface area contributed by atoms with Gasteiger partial charge in [-0.1, -0.05) is 30.0 Å². The third kappa shape index (κ3) is 3.93. The lowest BCUT2D eigenvalue weighted by atomic mass is 10.3. The van der Waals surface area contributed by atoms with Crippen LogP contribution in [0.5, 0.6) is 0 Å². The molecular weight excluding hydrogens is 360 g/mol. The Morgan fingerprint density at radius 3 is 2.70 bits per heavy atom. The zero-order chi connectivity index (χ0) is 18.8. The Balaban J connectivity index is 1.52. The first-order valence-electron chi connectivity index (χ1n) is 9.08. The highest BCUT2D eigenvalue weighted by atomic mass is 32.2. The number of carbonyl (C=O) groups excluding carboxylic acids is 1. The molecule has 0 saturated heterocycles. The second kappa shape index (κ2) is 7.60. The van der Waals surface area contributed by atoms with Gasteiger partial charge < -0.3 is 9.32 Å². The number of benzene rings is 1. The minimum atomic E-state index is -0.276. The summed E-state index contributed by atoms with van der Waals surface area (Å²) >= 11 is 1.45. The van der Waals surface area contributed by atoms with E-state index in [4.69, 9.17) is 4.42 Å². The van der Waals surface area contributed by atoms with Gasteiger partial charge in [-0.15, -0.1) is 10.2 Å². The first kappa shape index (κ1) is 17.9. The molecule has 4 rings (SSSR count). The molecule has 2 heterocycles. The van der Waals surface area contributed by atoms with Crippen LogP contribution in [0, 0.1) is 0 Å². The summed E-state index contributed by atoms with van der Waals surface area (Å²) < 4.78 is 7.60. The molecule has 0 aliphatic heterocycles. The van der Waals surface area contributed by atoms with Crippen LogP contribution in [0.4, 0.5) is 5.69 Å². The summed E-state index contributed by atoms with van der Waals surface area (Å²) in [5.41, 5.74) is 0.880. The molecule has 140 valence electrons. The van der Waals surface area contributed by atoms with Crippen LogP contribution in [0.2, 0.25) is 0 Å². The quantitative estimate of drug-likeness (QED) is 0.579. The van der Waals surface area contributed by atoms with Gasteiger partial charge in [-0.05, 0) is 44.0 Å². The second-order valence-corrected chi connectivity index (χ2v) is 8.08. The number of carbonyl (C=O) groups is 1. The molecule has 1 amide bonds. The maximum atomic E-state index is 12.9. The van der Waals surface area contributed by atoms with E-state index in [1.54, 1.807) is 18.2 Å². The van der Waals surface area contributed by atoms with Crippen molar-refractivity contribution in [3.8, 4) is 0 Å². The first-order valence-corrected chi connectivity index (χ1v) is 9.96. The Morgan fingerprint density at radius 2 is 2.04 bits per heavy atom. The highest BCUT2D eigenvalue weighted by Crippen LogP contribution is 2.40. The Morgan fingerprint density at radius 1 is 1.26 bits per heavy atom. The van der Waals surface area contributed by atoms with Crippen LogP contribution >= 0.6 is 11.8 Å². The first-order chi connectivity index (χ1) is 13.1. The molecule has 1 unspecified atom stereocenters. The average Bonchev–Trinajstić information content (AvgIpc) is 3.27. The third-order valence-corrected chi connectivity index (χ3v) is 5.75. The fourth-order valence-electron chi connectivity index (χ4n) is 3.00. The molecule has 1 fully saturated rings. The Kier molecular flexibility index (Phi) is 5.03. The lowest BCUT2D eigenvalue weighted by molar-refractivity contribution is -0.117. The van der Waals surface area contributed by atoms with Gasteiger partial charge in [-0.25, -0.2) is 0 Å². The number of amides is 1. The van der Waals surface area contributed by atoms with Crippen molar-refractivity contribution < 1.29 is 9.21 Å². The molecule has 1 aromatic carbocycles. The van der Waals surface area contributed by atoms with E-state index in [-0.39, 0.29) is 11.2 Å². The lowest BCUT2D eigenvalue weighted by Gasteiger charge is -2.21. The van der Waals surface area contributed by atoms with Crippen molar-refractivity contribution in [1.29, 1.82) is 0 Å². The number of hydrogen-bond acceptors (Lipinski definition) is 5. The largest absolute Gasteiger partial charge is 0.467 e. The molecule has 0 N–H and O–H groups in total. The summed E-state index contributed by atoms with van der Waals surface area (Å²) in [6, 6.07) is 13.5. The summed E-state index contributed by atoms with van der Waals surface area (Å²) in [4.78, 5) is 14.5. The summed E-state index contributed by atoms with van der Waals surface area (Å²) in [6.45, 7) is 2.50. The molecule has 0 spiro atoms. The van der Waals surface area contributed by atoms with Crippen LogP contribution in [0.15, 0.2) is 58.3 Å². The fraction of sp³-hybridized carbons (Fsp3) is 0.350. The van der Waals surface area contributed by atoms with Crippen molar-refractivity contribution in [2.75, 3.05) is 11.9 Å². The van der Waals surface area contributed by atoms with Gasteiger partial charge in [-0.2, -0.15) is 0 Å². The molecular formula is C20H22N4O2S. The van der Waals surface area contributed by atoms with Gasteiger partial charge in [0.25, 0.3) is 0 Å². The average molecular weight is 382 g/mol. The number of thioether (sulfide) groups is 1. The summed E-state index contributed by atoms with van der Waals surface area (Å²) in [5, 5.41) is 9.26. The van der Waals surface area contributed by atoms with Crippen LogP contribution in [-0.4, -0.2) is 33.0 Å². The molecule has 1 atom stereocenters. The number of nitrogens with zero attached hydrogens (tertiary/aromatic N) is 4. The van der Waals surface area contributed by atoms with Gasteiger partial charge in [0, 0.05) is 18.7 Å². The Labute approximate surface area is 162 Å². The van der Waals surface area contributed by atoms with Gasteiger partial charge >= 0.3 is 0 Å². The number of rotatable bonds is 7. The van der Waals surface area contributed by atoms with Crippen molar-refractivity contribution in [1.82, 2.24) is 14.8 Å². The van der Waals surface area contributed by atoms with E-state index in [9.17, 15) is 4.79 Å². The minimum Gasteiger partial charge on any atom is -0.467 e. The summed E-state index contributed by atoms with van der Waals surface area (Å²) in [6.07, 6.45) is 3.96. The van der Waals surface area contributed by atoms with Crippen molar-refractivity contribution in [2.24, 2.45) is 0 Å². The van der Waals surface area contributed by atoms with Crippen LogP contribution in [0.1, 0.15) is 37.3 Å². The molecule has 1 aliphatic carbocycles.